The van der Waals surface area contributed by atoms with Crippen LogP contribution in [0.4, 0.5) is 5.82 Å². The number of hydrogen-bond donors (Lipinski definition) is 2. The number of benzene rings is 2. The van der Waals surface area contributed by atoms with E-state index in [0.717, 1.165) is 27.6 Å². The van der Waals surface area contributed by atoms with E-state index in [1.807, 2.05) is 42.5 Å². The number of anilines is 1. The van der Waals surface area contributed by atoms with Gasteiger partial charge in [-0.25, -0.2) is 8.42 Å². The van der Waals surface area contributed by atoms with Crippen LogP contribution in [-0.2, 0) is 34.3 Å². The average molecular weight is 370 g/mol. The molecule has 1 aliphatic rings. The standard InChI is InChI=1S/C18H18N4O3S/c1-26(24,25)22-10-15-16(11-22)20-21-18(15)19-17(23)9-13-7-4-6-12-5-2-3-8-14(12)13/h2-8H,9-11H2,1H3,(H2,19,20,21,23). The van der Waals surface area contributed by atoms with E-state index in [9.17, 15) is 13.2 Å². The summed E-state index contributed by atoms with van der Waals surface area (Å²) in [7, 11) is -3.29. The van der Waals surface area contributed by atoms with Crippen molar-refractivity contribution in [2.24, 2.45) is 0 Å². The van der Waals surface area contributed by atoms with E-state index in [-0.39, 0.29) is 25.4 Å². The number of H-pyrrole nitrogens is 1. The largest absolute Gasteiger partial charge is 0.309 e. The van der Waals surface area contributed by atoms with Crippen LogP contribution in [0.5, 0.6) is 0 Å². The van der Waals surface area contributed by atoms with Crippen LogP contribution in [0.25, 0.3) is 10.8 Å². The predicted molar refractivity (Wildman–Crippen MR) is 99.0 cm³/mol. The molecule has 1 aromatic heterocycles. The summed E-state index contributed by atoms with van der Waals surface area (Å²) in [5.41, 5.74) is 2.38. The van der Waals surface area contributed by atoms with Crippen molar-refractivity contribution in [3.05, 3.63) is 59.3 Å². The molecule has 0 aliphatic carbocycles. The van der Waals surface area contributed by atoms with E-state index in [1.165, 1.54) is 10.6 Å². The van der Waals surface area contributed by atoms with E-state index in [1.54, 1.807) is 0 Å². The molecule has 0 bridgehead atoms. The molecule has 0 saturated carbocycles. The first-order valence-electron chi connectivity index (χ1n) is 8.19. The molecule has 0 saturated heterocycles. The summed E-state index contributed by atoms with van der Waals surface area (Å²) in [6, 6.07) is 13.8. The number of aromatic amines is 1. The zero-order chi connectivity index (χ0) is 18.3. The Morgan fingerprint density at radius 1 is 1.19 bits per heavy atom. The molecule has 1 amide bonds. The number of aromatic nitrogens is 2. The molecule has 0 spiro atoms. The molecule has 2 heterocycles. The first-order valence-corrected chi connectivity index (χ1v) is 10.0. The van der Waals surface area contributed by atoms with Crippen molar-refractivity contribution in [2.45, 2.75) is 19.5 Å². The number of nitrogens with zero attached hydrogens (tertiary/aromatic N) is 2. The van der Waals surface area contributed by atoms with Crippen molar-refractivity contribution in [3.63, 3.8) is 0 Å². The predicted octanol–water partition coefficient (Wildman–Crippen LogP) is 2.02. The lowest BCUT2D eigenvalue weighted by molar-refractivity contribution is -0.115. The van der Waals surface area contributed by atoms with Crippen molar-refractivity contribution in [1.29, 1.82) is 0 Å². The van der Waals surface area contributed by atoms with Crippen LogP contribution < -0.4 is 5.32 Å². The van der Waals surface area contributed by atoms with E-state index in [4.69, 9.17) is 0 Å². The second-order valence-corrected chi connectivity index (χ2v) is 8.41. The lowest BCUT2D eigenvalue weighted by Gasteiger charge is -2.12. The van der Waals surface area contributed by atoms with Gasteiger partial charge in [-0.3, -0.25) is 9.89 Å². The fourth-order valence-electron chi connectivity index (χ4n) is 3.24. The van der Waals surface area contributed by atoms with Gasteiger partial charge in [-0.2, -0.15) is 9.40 Å². The highest BCUT2D eigenvalue weighted by atomic mass is 32.2. The molecule has 4 rings (SSSR count). The summed E-state index contributed by atoms with van der Waals surface area (Å²) in [6.07, 6.45) is 1.39. The van der Waals surface area contributed by atoms with Gasteiger partial charge in [0, 0.05) is 12.1 Å². The number of sulfonamides is 1. The highest BCUT2D eigenvalue weighted by Gasteiger charge is 2.30. The second kappa shape index (κ2) is 6.22. The zero-order valence-corrected chi connectivity index (χ0v) is 15.0. The van der Waals surface area contributed by atoms with Gasteiger partial charge in [-0.05, 0) is 16.3 Å². The fraction of sp³-hybridized carbons (Fsp3) is 0.222. The SMILES string of the molecule is CS(=O)(=O)N1Cc2[nH]nc(NC(=O)Cc3cccc4ccccc34)c2C1. The summed E-state index contributed by atoms with van der Waals surface area (Å²) in [6.45, 7) is 0.467. The number of amides is 1. The molecule has 0 radical (unpaired) electrons. The Labute approximate surface area is 151 Å². The maximum Gasteiger partial charge on any atom is 0.230 e. The number of hydrogen-bond acceptors (Lipinski definition) is 4. The average Bonchev–Trinajstić information content (AvgIpc) is 3.17. The summed E-state index contributed by atoms with van der Waals surface area (Å²) in [5.74, 6) is 0.213. The van der Waals surface area contributed by atoms with Crippen LogP contribution in [0.15, 0.2) is 42.5 Å². The van der Waals surface area contributed by atoms with E-state index in [0.29, 0.717) is 5.82 Å². The Kier molecular flexibility index (Phi) is 4.01. The van der Waals surface area contributed by atoms with Gasteiger partial charge in [0.25, 0.3) is 0 Å². The smallest absolute Gasteiger partial charge is 0.230 e. The van der Waals surface area contributed by atoms with Gasteiger partial charge < -0.3 is 5.32 Å². The van der Waals surface area contributed by atoms with Crippen LogP contribution in [0.3, 0.4) is 0 Å². The van der Waals surface area contributed by atoms with Crippen LogP contribution >= 0.6 is 0 Å². The van der Waals surface area contributed by atoms with Crippen molar-refractivity contribution in [1.82, 2.24) is 14.5 Å². The molecule has 134 valence electrons. The third kappa shape index (κ3) is 3.09. The first kappa shape index (κ1) is 16.7. The van der Waals surface area contributed by atoms with E-state index < -0.39 is 10.0 Å². The summed E-state index contributed by atoms with van der Waals surface area (Å²) >= 11 is 0. The Morgan fingerprint density at radius 2 is 1.96 bits per heavy atom. The van der Waals surface area contributed by atoms with Crippen LogP contribution in [0.1, 0.15) is 16.8 Å². The fourth-order valence-corrected chi connectivity index (χ4v) is 3.97. The van der Waals surface area contributed by atoms with Gasteiger partial charge in [0.05, 0.1) is 24.9 Å². The molecule has 26 heavy (non-hydrogen) atoms. The number of nitrogens with one attached hydrogen (secondary N) is 2. The molecule has 0 fully saturated rings. The summed E-state index contributed by atoms with van der Waals surface area (Å²) < 4.78 is 24.8. The van der Waals surface area contributed by atoms with Crippen molar-refractivity contribution < 1.29 is 13.2 Å². The summed E-state index contributed by atoms with van der Waals surface area (Å²) in [5, 5.41) is 11.9. The third-order valence-corrected chi connectivity index (χ3v) is 5.78. The summed E-state index contributed by atoms with van der Waals surface area (Å²) in [4.78, 5) is 12.5. The Bertz CT molecular complexity index is 1100. The minimum atomic E-state index is -3.29. The lowest BCUT2D eigenvalue weighted by Crippen LogP contribution is -2.24. The van der Waals surface area contributed by atoms with Crippen molar-refractivity contribution >= 4 is 32.5 Å². The van der Waals surface area contributed by atoms with Crippen LogP contribution in [0, 0.1) is 0 Å². The van der Waals surface area contributed by atoms with Gasteiger partial charge in [-0.1, -0.05) is 42.5 Å². The monoisotopic (exact) mass is 370 g/mol. The molecule has 3 aromatic rings. The third-order valence-electron chi connectivity index (χ3n) is 4.58. The maximum absolute atomic E-state index is 12.5. The first-order chi connectivity index (χ1) is 12.4. The Hall–Kier alpha value is -2.71. The molecule has 0 atom stereocenters. The Morgan fingerprint density at radius 3 is 2.77 bits per heavy atom. The topological polar surface area (TPSA) is 95.2 Å². The van der Waals surface area contributed by atoms with Crippen LogP contribution in [0.2, 0.25) is 0 Å². The zero-order valence-electron chi connectivity index (χ0n) is 14.2. The highest BCUT2D eigenvalue weighted by molar-refractivity contribution is 7.88. The molecule has 1 aliphatic heterocycles. The van der Waals surface area contributed by atoms with Gasteiger partial charge in [-0.15, -0.1) is 0 Å². The number of fused-ring (bicyclic) bond motifs is 2. The quantitative estimate of drug-likeness (QED) is 0.734. The van der Waals surface area contributed by atoms with Gasteiger partial charge in [0.15, 0.2) is 5.82 Å². The number of carbonyl (C=O) groups is 1. The molecule has 0 unspecified atom stereocenters. The van der Waals surface area contributed by atoms with E-state index >= 15 is 0 Å². The lowest BCUT2D eigenvalue weighted by atomic mass is 10.0. The van der Waals surface area contributed by atoms with Crippen molar-refractivity contribution in [3.8, 4) is 0 Å². The molecule has 8 heteroatoms. The molecule has 7 nitrogen and oxygen atoms in total. The molecule has 2 aromatic carbocycles. The highest BCUT2D eigenvalue weighted by Crippen LogP contribution is 2.28. The maximum atomic E-state index is 12.5. The molecular formula is C18H18N4O3S. The normalized spacial score (nSPS) is 14.5. The number of rotatable bonds is 4. The number of carbonyl (C=O) groups excluding carboxylic acids is 1. The van der Waals surface area contributed by atoms with E-state index in [2.05, 4.69) is 15.5 Å². The molecular weight excluding hydrogens is 352 g/mol. The minimum Gasteiger partial charge on any atom is -0.309 e. The Balaban J connectivity index is 1.52. The molecule has 2 N–H and O–H groups in total. The van der Waals surface area contributed by atoms with Gasteiger partial charge in [0.2, 0.25) is 15.9 Å². The second-order valence-electron chi connectivity index (χ2n) is 6.42. The van der Waals surface area contributed by atoms with Gasteiger partial charge >= 0.3 is 0 Å². The van der Waals surface area contributed by atoms with Crippen LogP contribution in [-0.4, -0.2) is 35.1 Å². The van der Waals surface area contributed by atoms with Gasteiger partial charge in [0.1, 0.15) is 0 Å². The minimum absolute atomic E-state index is 0.187. The van der Waals surface area contributed by atoms with Crippen molar-refractivity contribution in [2.75, 3.05) is 11.6 Å².